The fraction of sp³-hybridized carbons (Fsp3) is 0.367. The number of benzene rings is 1. The van der Waals surface area contributed by atoms with Gasteiger partial charge in [0.2, 0.25) is 17.7 Å². The number of aromatic hydroxyl groups is 1. The Hall–Kier alpha value is -4.63. The molecule has 5 heterocycles. The molecule has 2 amide bonds. The van der Waals surface area contributed by atoms with Gasteiger partial charge in [0.15, 0.2) is 11.6 Å². The first-order valence-corrected chi connectivity index (χ1v) is 15.1. The topological polar surface area (TPSA) is 152 Å². The Morgan fingerprint density at radius 2 is 1.89 bits per heavy atom. The quantitative estimate of drug-likeness (QED) is 0.256. The number of aromatic nitrogens is 4. The van der Waals surface area contributed by atoms with Crippen molar-refractivity contribution in [3.63, 3.8) is 0 Å². The number of hydrogen-bond acceptors (Lipinski definition) is 8. The van der Waals surface area contributed by atoms with Crippen molar-refractivity contribution in [1.82, 2.24) is 24.0 Å². The van der Waals surface area contributed by atoms with Crippen LogP contribution in [0.3, 0.4) is 0 Å². The number of halogens is 4. The number of fused-ring (bicyclic) bond motifs is 2. The van der Waals surface area contributed by atoms with Gasteiger partial charge in [-0.2, -0.15) is 8.78 Å². The zero-order valence-electron chi connectivity index (χ0n) is 24.9. The van der Waals surface area contributed by atoms with E-state index < -0.39 is 63.4 Å². The minimum Gasteiger partial charge on any atom is -0.504 e. The van der Waals surface area contributed by atoms with Crippen molar-refractivity contribution in [1.29, 1.82) is 0 Å². The van der Waals surface area contributed by atoms with Crippen LogP contribution in [0.15, 0.2) is 23.1 Å². The van der Waals surface area contributed by atoms with E-state index in [2.05, 4.69) is 27.1 Å². The Bertz CT molecular complexity index is 1980. The van der Waals surface area contributed by atoms with E-state index in [9.17, 15) is 28.3 Å². The van der Waals surface area contributed by atoms with Gasteiger partial charge in [-0.3, -0.25) is 23.9 Å². The molecule has 0 spiro atoms. The van der Waals surface area contributed by atoms with Crippen molar-refractivity contribution < 1.29 is 27.9 Å². The summed E-state index contributed by atoms with van der Waals surface area (Å²) in [4.78, 5) is 51.6. The molecule has 1 fully saturated rings. The van der Waals surface area contributed by atoms with E-state index in [4.69, 9.17) is 17.3 Å². The van der Waals surface area contributed by atoms with Crippen LogP contribution >= 0.6 is 11.6 Å². The number of hydrogen-bond donors (Lipinski definition) is 3. The number of nitrogens with zero attached hydrogens (tertiary/aromatic N) is 6. The zero-order valence-corrected chi connectivity index (χ0v) is 25.7. The van der Waals surface area contributed by atoms with Crippen molar-refractivity contribution in [3.8, 4) is 16.9 Å². The molecule has 2 aliphatic rings. The maximum atomic E-state index is 15.3. The predicted molar refractivity (Wildman–Crippen MR) is 165 cm³/mol. The van der Waals surface area contributed by atoms with Gasteiger partial charge in [-0.05, 0) is 26.0 Å². The van der Waals surface area contributed by atoms with Crippen molar-refractivity contribution in [3.05, 3.63) is 62.7 Å². The third-order valence-electron chi connectivity index (χ3n) is 8.52. The molecule has 0 aliphatic carbocycles. The molecule has 4 N–H and O–H groups in total. The summed E-state index contributed by atoms with van der Waals surface area (Å²) in [6.45, 7) is 6.88. The third kappa shape index (κ3) is 5.32. The van der Waals surface area contributed by atoms with Crippen LogP contribution in [0.4, 0.5) is 24.7 Å². The molecule has 0 bridgehead atoms. The van der Waals surface area contributed by atoms with Gasteiger partial charge in [-0.25, -0.2) is 14.4 Å². The molecule has 0 unspecified atom stereocenters. The van der Waals surface area contributed by atoms with Crippen LogP contribution in [0.2, 0.25) is 5.02 Å². The Kier molecular flexibility index (Phi) is 8.14. The molecule has 16 heteroatoms. The molecule has 242 valence electrons. The number of pyridine rings is 1. The zero-order chi connectivity index (χ0) is 33.0. The number of amides is 2. The summed E-state index contributed by atoms with van der Waals surface area (Å²) in [5.41, 5.74) is 3.30. The van der Waals surface area contributed by atoms with Crippen LogP contribution in [-0.2, 0) is 24.3 Å². The lowest BCUT2D eigenvalue weighted by atomic mass is 10.0. The second-order valence-corrected chi connectivity index (χ2v) is 11.8. The molecule has 0 radical (unpaired) electrons. The molecular weight excluding hydrogens is 629 g/mol. The summed E-state index contributed by atoms with van der Waals surface area (Å²) < 4.78 is 47.6. The number of carbonyl (C=O) groups excluding carboxylic acids is 2. The van der Waals surface area contributed by atoms with Crippen LogP contribution in [0.25, 0.3) is 22.2 Å². The van der Waals surface area contributed by atoms with E-state index >= 15 is 4.39 Å². The first-order valence-electron chi connectivity index (χ1n) is 14.7. The maximum absolute atomic E-state index is 15.3. The molecule has 12 nitrogen and oxygen atoms in total. The monoisotopic (exact) mass is 658 g/mol. The Morgan fingerprint density at radius 1 is 1.13 bits per heavy atom. The lowest BCUT2D eigenvalue weighted by Crippen LogP contribution is -2.52. The number of rotatable bonds is 7. The molecule has 3 aromatic heterocycles. The first kappa shape index (κ1) is 31.4. The Morgan fingerprint density at radius 3 is 2.59 bits per heavy atom. The predicted octanol–water partition coefficient (Wildman–Crippen LogP) is 3.25. The average molecular weight is 659 g/mol. The molecule has 2 aliphatic heterocycles. The fourth-order valence-corrected chi connectivity index (χ4v) is 6.33. The number of nitrogens with one attached hydrogen (secondary N) is 1. The van der Waals surface area contributed by atoms with Gasteiger partial charge in [-0.1, -0.05) is 18.5 Å². The maximum Gasteiger partial charge on any atom is 0.263 e. The van der Waals surface area contributed by atoms with Gasteiger partial charge in [0, 0.05) is 62.0 Å². The number of likely N-dealkylation sites (N-methyl/N-ethyl adjacent to an activating group) is 1. The van der Waals surface area contributed by atoms with Gasteiger partial charge < -0.3 is 25.6 Å². The molecule has 1 aromatic carbocycles. The van der Waals surface area contributed by atoms with Crippen molar-refractivity contribution in [2.75, 3.05) is 36.4 Å². The van der Waals surface area contributed by atoms with Crippen LogP contribution in [0.5, 0.6) is 5.75 Å². The summed E-state index contributed by atoms with van der Waals surface area (Å²) in [5, 5.41) is 12.0. The molecule has 1 saturated heterocycles. The summed E-state index contributed by atoms with van der Waals surface area (Å²) in [6, 6.07) is 2.34. The number of aryl methyl sites for hydroxylation is 1. The van der Waals surface area contributed by atoms with Gasteiger partial charge in [0.1, 0.15) is 28.9 Å². The van der Waals surface area contributed by atoms with Gasteiger partial charge in [0.25, 0.3) is 11.5 Å². The van der Waals surface area contributed by atoms with Crippen molar-refractivity contribution >= 4 is 46.0 Å². The normalized spacial score (nSPS) is 16.7. The Labute approximate surface area is 265 Å². The third-order valence-corrected chi connectivity index (χ3v) is 8.88. The largest absolute Gasteiger partial charge is 0.504 e. The van der Waals surface area contributed by atoms with E-state index in [1.54, 1.807) is 0 Å². The van der Waals surface area contributed by atoms with Crippen LogP contribution in [0.1, 0.15) is 36.5 Å². The highest BCUT2D eigenvalue weighted by Gasteiger charge is 2.29. The molecule has 1 atom stereocenters. The van der Waals surface area contributed by atoms with Gasteiger partial charge in [0.05, 0.1) is 16.6 Å². The fourth-order valence-electron chi connectivity index (χ4n) is 6.18. The highest BCUT2D eigenvalue weighted by Crippen LogP contribution is 2.36. The lowest BCUT2D eigenvalue weighted by molar-refractivity contribution is -0.116. The van der Waals surface area contributed by atoms with Gasteiger partial charge in [-0.15, -0.1) is 0 Å². The molecule has 4 aromatic rings. The van der Waals surface area contributed by atoms with Crippen LogP contribution in [0, 0.1) is 17.6 Å². The molecule has 46 heavy (non-hydrogen) atoms. The van der Waals surface area contributed by atoms with Crippen LogP contribution < -0.4 is 21.5 Å². The van der Waals surface area contributed by atoms with Crippen molar-refractivity contribution in [2.45, 2.75) is 45.8 Å². The van der Waals surface area contributed by atoms with Crippen molar-refractivity contribution in [2.24, 2.45) is 5.73 Å². The van der Waals surface area contributed by atoms with E-state index in [1.165, 1.54) is 21.4 Å². The summed E-state index contributed by atoms with van der Waals surface area (Å²) in [6.07, 6.45) is 2.33. The summed E-state index contributed by atoms with van der Waals surface area (Å²) in [5.74, 6) is -6.66. The number of nitrogens with two attached hydrogens (primary N) is 1. The Balaban J connectivity index is 1.39. The van der Waals surface area contributed by atoms with E-state index in [1.807, 2.05) is 11.8 Å². The first-order chi connectivity index (χ1) is 21.9. The number of carbonyl (C=O) groups is 2. The minimum atomic E-state index is -1.73. The number of phenols is 1. The van der Waals surface area contributed by atoms with E-state index in [0.717, 1.165) is 25.7 Å². The second kappa shape index (κ2) is 11.9. The summed E-state index contributed by atoms with van der Waals surface area (Å²) in [7, 11) is 0. The SMILES string of the molecule is CCN1CCN(c2cc(NC(=O)Cn3cc(-c4cc(C(N)=O)c(O)c(F)c4F)c4c(=O)n5c(nc43)CCC5)c(Cl)c(F)n2)[C@@H](C)C1. The number of primary amides is 1. The highest BCUT2D eigenvalue weighted by molar-refractivity contribution is 6.33. The van der Waals surface area contributed by atoms with E-state index in [-0.39, 0.29) is 28.3 Å². The summed E-state index contributed by atoms with van der Waals surface area (Å²) >= 11 is 6.20. The van der Waals surface area contributed by atoms with Crippen LogP contribution in [-0.4, -0.2) is 73.1 Å². The smallest absolute Gasteiger partial charge is 0.263 e. The second-order valence-electron chi connectivity index (χ2n) is 11.4. The van der Waals surface area contributed by atoms with Gasteiger partial charge >= 0.3 is 0 Å². The molecular formula is C30H30ClF3N8O4. The standard InChI is InChI=1S/C30H30ClF3N8O4/c1-3-39-7-8-41(14(2)11-39)20-10-18(23(31)27(34)37-20)36-21(43)13-40-12-17(15-9-16(28(35)45)26(44)25(33)24(15)32)22-29(40)38-19-5-4-6-42(19)30(22)46/h9-10,12,14,44H,3-8,11,13H2,1-2H3,(H2,35,45)(H,36,37,43)/t14-/m0/s1. The molecule has 6 rings (SSSR count). The lowest BCUT2D eigenvalue weighted by Gasteiger charge is -2.40. The molecule has 0 saturated carbocycles. The highest BCUT2D eigenvalue weighted by atomic mass is 35.5. The minimum absolute atomic E-state index is 0.00660. The van der Waals surface area contributed by atoms with E-state index in [0.29, 0.717) is 37.6 Å². The number of anilines is 2. The average Bonchev–Trinajstić information content (AvgIpc) is 3.63. The number of piperazine rings is 1.